The molecule has 1 saturated carbocycles. The second kappa shape index (κ2) is 5.04. The number of aryl methyl sites for hydroxylation is 1. The van der Waals surface area contributed by atoms with E-state index in [0.29, 0.717) is 22.5 Å². The van der Waals surface area contributed by atoms with Gasteiger partial charge in [0.05, 0.1) is 5.69 Å². The van der Waals surface area contributed by atoms with Gasteiger partial charge in [-0.1, -0.05) is 31.1 Å². The lowest BCUT2D eigenvalue weighted by Crippen LogP contribution is -2.30. The smallest absolute Gasteiger partial charge is 0.347 e. The number of hydrogen-bond donors (Lipinski definition) is 2. The molecule has 1 aliphatic carbocycles. The Balaban J connectivity index is 2.07. The second-order valence-corrected chi connectivity index (χ2v) is 5.75. The minimum atomic E-state index is -0.884. The summed E-state index contributed by atoms with van der Waals surface area (Å²) < 4.78 is 0. The van der Waals surface area contributed by atoms with Crippen molar-refractivity contribution in [2.45, 2.75) is 45.6 Å². The first-order valence-corrected chi connectivity index (χ1v) is 6.87. The number of nitrogens with one attached hydrogen (secondary N) is 1. The van der Waals surface area contributed by atoms with Gasteiger partial charge in [-0.3, -0.25) is 0 Å². The van der Waals surface area contributed by atoms with Crippen molar-refractivity contribution in [3.05, 3.63) is 10.6 Å². The van der Waals surface area contributed by atoms with Gasteiger partial charge in [-0.2, -0.15) is 0 Å². The Labute approximate surface area is 105 Å². The SMILES string of the molecule is Cc1nc(NC2CCCCC2C)sc1C(=O)O. The van der Waals surface area contributed by atoms with Crippen molar-refractivity contribution >= 4 is 22.4 Å². The lowest BCUT2D eigenvalue weighted by molar-refractivity contribution is 0.0701. The first-order chi connectivity index (χ1) is 8.08. The van der Waals surface area contributed by atoms with E-state index >= 15 is 0 Å². The van der Waals surface area contributed by atoms with Gasteiger partial charge in [-0.15, -0.1) is 0 Å². The van der Waals surface area contributed by atoms with Crippen LogP contribution in [0.4, 0.5) is 5.13 Å². The fourth-order valence-corrected chi connectivity index (χ4v) is 3.21. The van der Waals surface area contributed by atoms with Crippen molar-refractivity contribution in [3.63, 3.8) is 0 Å². The summed E-state index contributed by atoms with van der Waals surface area (Å²) in [5, 5.41) is 13.1. The van der Waals surface area contributed by atoms with Gasteiger partial charge < -0.3 is 10.4 Å². The van der Waals surface area contributed by atoms with E-state index in [1.807, 2.05) is 0 Å². The molecule has 17 heavy (non-hydrogen) atoms. The Hall–Kier alpha value is -1.10. The number of carboxylic acid groups (broad SMARTS) is 1. The van der Waals surface area contributed by atoms with Crippen LogP contribution >= 0.6 is 11.3 Å². The van der Waals surface area contributed by atoms with Crippen molar-refractivity contribution in [3.8, 4) is 0 Å². The van der Waals surface area contributed by atoms with Crippen molar-refractivity contribution in [2.24, 2.45) is 5.92 Å². The van der Waals surface area contributed by atoms with Crippen molar-refractivity contribution in [1.82, 2.24) is 4.98 Å². The van der Waals surface area contributed by atoms with Crippen LogP contribution in [0.5, 0.6) is 0 Å². The molecule has 0 saturated heterocycles. The summed E-state index contributed by atoms with van der Waals surface area (Å²) in [7, 11) is 0. The minimum absolute atomic E-state index is 0.343. The number of carboxylic acids is 1. The van der Waals surface area contributed by atoms with E-state index < -0.39 is 5.97 Å². The zero-order valence-corrected chi connectivity index (χ0v) is 11.0. The van der Waals surface area contributed by atoms with Gasteiger partial charge in [0, 0.05) is 6.04 Å². The van der Waals surface area contributed by atoms with E-state index in [9.17, 15) is 4.79 Å². The first-order valence-electron chi connectivity index (χ1n) is 6.05. The summed E-state index contributed by atoms with van der Waals surface area (Å²) in [6.45, 7) is 3.99. The van der Waals surface area contributed by atoms with Crippen LogP contribution in [0.3, 0.4) is 0 Å². The third-order valence-electron chi connectivity index (χ3n) is 3.41. The second-order valence-electron chi connectivity index (χ2n) is 4.75. The summed E-state index contributed by atoms with van der Waals surface area (Å²) in [4.78, 5) is 15.6. The summed E-state index contributed by atoms with van der Waals surface area (Å²) in [6, 6.07) is 0.441. The molecule has 2 atom stereocenters. The number of hydrogen-bond acceptors (Lipinski definition) is 4. The Morgan fingerprint density at radius 3 is 2.76 bits per heavy atom. The molecule has 1 fully saturated rings. The van der Waals surface area contributed by atoms with E-state index in [1.54, 1.807) is 6.92 Å². The fourth-order valence-electron chi connectivity index (χ4n) is 2.35. The molecule has 1 aromatic rings. The average molecular weight is 254 g/mol. The average Bonchev–Trinajstić information content (AvgIpc) is 2.63. The molecule has 0 spiro atoms. The van der Waals surface area contributed by atoms with E-state index in [2.05, 4.69) is 17.2 Å². The van der Waals surface area contributed by atoms with Crippen molar-refractivity contribution < 1.29 is 9.90 Å². The third-order valence-corrected chi connectivity index (χ3v) is 4.49. The van der Waals surface area contributed by atoms with Crippen LogP contribution in [0.25, 0.3) is 0 Å². The largest absolute Gasteiger partial charge is 0.477 e. The summed E-state index contributed by atoms with van der Waals surface area (Å²) in [5.41, 5.74) is 0.605. The molecule has 2 N–H and O–H groups in total. The zero-order chi connectivity index (χ0) is 12.4. The monoisotopic (exact) mass is 254 g/mol. The molecule has 0 bridgehead atoms. The molecular weight excluding hydrogens is 236 g/mol. The number of thiazole rings is 1. The van der Waals surface area contributed by atoms with Crippen LogP contribution < -0.4 is 5.32 Å². The predicted octanol–water partition coefficient (Wildman–Crippen LogP) is 3.14. The van der Waals surface area contributed by atoms with E-state index in [4.69, 9.17) is 5.11 Å². The lowest BCUT2D eigenvalue weighted by Gasteiger charge is -2.29. The molecule has 2 rings (SSSR count). The first kappa shape index (κ1) is 12.4. The quantitative estimate of drug-likeness (QED) is 0.870. The zero-order valence-electron chi connectivity index (χ0n) is 10.2. The summed E-state index contributed by atoms with van der Waals surface area (Å²) in [6.07, 6.45) is 4.95. The normalized spacial score (nSPS) is 24.6. The van der Waals surface area contributed by atoms with Gasteiger partial charge in [0.25, 0.3) is 0 Å². The van der Waals surface area contributed by atoms with Crippen molar-refractivity contribution in [1.29, 1.82) is 0 Å². The third kappa shape index (κ3) is 2.77. The molecule has 0 radical (unpaired) electrons. The summed E-state index contributed by atoms with van der Waals surface area (Å²) >= 11 is 1.24. The highest BCUT2D eigenvalue weighted by Crippen LogP contribution is 2.29. The fraction of sp³-hybridized carbons (Fsp3) is 0.667. The Kier molecular flexibility index (Phi) is 3.66. The maximum Gasteiger partial charge on any atom is 0.347 e. The number of aromatic nitrogens is 1. The minimum Gasteiger partial charge on any atom is -0.477 e. The predicted molar refractivity (Wildman–Crippen MR) is 68.9 cm³/mol. The molecule has 0 aromatic carbocycles. The lowest BCUT2D eigenvalue weighted by atomic mass is 9.86. The van der Waals surface area contributed by atoms with Crippen LogP contribution in [0.15, 0.2) is 0 Å². The van der Waals surface area contributed by atoms with Crippen LogP contribution in [-0.4, -0.2) is 22.1 Å². The van der Waals surface area contributed by atoms with Gasteiger partial charge in [-0.25, -0.2) is 9.78 Å². The molecule has 1 aromatic heterocycles. The molecule has 0 amide bonds. The number of aromatic carboxylic acids is 1. The van der Waals surface area contributed by atoms with E-state index in [-0.39, 0.29) is 0 Å². The van der Waals surface area contributed by atoms with Crippen LogP contribution in [-0.2, 0) is 0 Å². The van der Waals surface area contributed by atoms with Gasteiger partial charge in [-0.05, 0) is 25.7 Å². The Morgan fingerprint density at radius 1 is 1.47 bits per heavy atom. The molecule has 4 nitrogen and oxygen atoms in total. The molecule has 1 heterocycles. The van der Waals surface area contributed by atoms with Gasteiger partial charge in [0.15, 0.2) is 5.13 Å². The highest BCUT2D eigenvalue weighted by molar-refractivity contribution is 7.17. The Morgan fingerprint density at radius 2 is 2.18 bits per heavy atom. The van der Waals surface area contributed by atoms with E-state index in [1.165, 1.54) is 30.6 Å². The maximum absolute atomic E-state index is 10.9. The molecule has 1 aliphatic rings. The Bertz CT molecular complexity index is 417. The molecule has 0 aliphatic heterocycles. The number of carbonyl (C=O) groups is 1. The van der Waals surface area contributed by atoms with Gasteiger partial charge in [0.1, 0.15) is 4.88 Å². The topological polar surface area (TPSA) is 62.2 Å². The highest BCUT2D eigenvalue weighted by Gasteiger charge is 2.23. The number of anilines is 1. The van der Waals surface area contributed by atoms with E-state index in [0.717, 1.165) is 11.6 Å². The highest BCUT2D eigenvalue weighted by atomic mass is 32.1. The number of nitrogens with zero attached hydrogens (tertiary/aromatic N) is 1. The number of rotatable bonds is 3. The standard InChI is InChI=1S/C12H18N2O2S/c1-7-5-3-4-6-9(7)14-12-13-8(2)10(17-12)11(15)16/h7,9H,3-6H2,1-2H3,(H,13,14)(H,15,16). The molecule has 5 heteroatoms. The van der Waals surface area contributed by atoms with Crippen LogP contribution in [0.1, 0.15) is 48.0 Å². The van der Waals surface area contributed by atoms with Gasteiger partial charge >= 0.3 is 5.97 Å². The maximum atomic E-state index is 10.9. The van der Waals surface area contributed by atoms with Gasteiger partial charge in [0.2, 0.25) is 0 Å². The van der Waals surface area contributed by atoms with Crippen molar-refractivity contribution in [2.75, 3.05) is 5.32 Å². The molecule has 94 valence electrons. The molecular formula is C12H18N2O2S. The van der Waals surface area contributed by atoms with Crippen LogP contribution in [0.2, 0.25) is 0 Å². The van der Waals surface area contributed by atoms with Crippen LogP contribution in [0, 0.1) is 12.8 Å². The summed E-state index contributed by atoms with van der Waals surface area (Å²) in [5.74, 6) is -0.244. The molecule has 2 unspecified atom stereocenters.